The van der Waals surface area contributed by atoms with Crippen LogP contribution in [-0.4, -0.2) is 76.1 Å². The summed E-state index contributed by atoms with van der Waals surface area (Å²) in [4.78, 5) is 55.1. The van der Waals surface area contributed by atoms with E-state index in [1.54, 1.807) is 4.90 Å². The zero-order valence-corrected chi connectivity index (χ0v) is 22.7. The molecule has 1 aromatic carbocycles. The van der Waals surface area contributed by atoms with Crippen LogP contribution in [0.4, 0.5) is 4.79 Å². The van der Waals surface area contributed by atoms with Gasteiger partial charge in [-0.25, -0.2) is 9.59 Å². The van der Waals surface area contributed by atoms with Gasteiger partial charge in [-0.05, 0) is 57.9 Å². The van der Waals surface area contributed by atoms with Crippen molar-refractivity contribution in [2.75, 3.05) is 19.6 Å². The van der Waals surface area contributed by atoms with Crippen molar-refractivity contribution < 1.29 is 29.0 Å². The number of piperidine rings is 1. The molecule has 0 spiro atoms. The minimum atomic E-state index is -1.02. The highest BCUT2D eigenvalue weighted by Crippen LogP contribution is 2.37. The largest absolute Gasteiger partial charge is 0.480 e. The first kappa shape index (κ1) is 28.5. The number of carboxylic acids is 1. The maximum Gasteiger partial charge on any atom is 0.410 e. The third-order valence-electron chi connectivity index (χ3n) is 7.62. The summed E-state index contributed by atoms with van der Waals surface area (Å²) in [6, 6.07) is 7.76. The Morgan fingerprint density at radius 2 is 1.73 bits per heavy atom. The monoisotopic (exact) mass is 515 g/mol. The molecule has 1 aromatic rings. The van der Waals surface area contributed by atoms with Gasteiger partial charge in [0.05, 0.1) is 5.41 Å². The Labute approximate surface area is 219 Å². The number of nitrogens with one attached hydrogen (secondary N) is 1. The van der Waals surface area contributed by atoms with E-state index in [1.807, 2.05) is 65.0 Å². The molecule has 0 aliphatic carbocycles. The van der Waals surface area contributed by atoms with E-state index in [0.29, 0.717) is 51.7 Å². The average molecular weight is 516 g/mol. The molecule has 2 aliphatic heterocycles. The fourth-order valence-electron chi connectivity index (χ4n) is 5.23. The lowest BCUT2D eigenvalue weighted by atomic mass is 9.71. The standard InChI is InChI=1S/C28H41N3O6/c1-6-19(2)22(23(32)31-16-10-13-21(31)24(33)34)29-25(35)28(20-11-8-7-9-12-20)14-17-30(18-15-28)26(36)37-27(3,4)5/h7-9,11-12,19,21-22H,6,10,13-18H2,1-5H3,(H,29,35)(H,33,34)/t19-,21+,22+/m1/s1. The Hall–Kier alpha value is -3.10. The van der Waals surface area contributed by atoms with Crippen molar-refractivity contribution >= 4 is 23.9 Å². The fraction of sp³-hybridized carbons (Fsp3) is 0.643. The molecule has 9 nitrogen and oxygen atoms in total. The second kappa shape index (κ2) is 11.5. The van der Waals surface area contributed by atoms with E-state index < -0.39 is 35.2 Å². The Morgan fingerprint density at radius 3 is 2.27 bits per heavy atom. The average Bonchev–Trinajstić information content (AvgIpc) is 3.36. The molecule has 0 radical (unpaired) electrons. The Morgan fingerprint density at radius 1 is 1.11 bits per heavy atom. The number of likely N-dealkylation sites (tertiary alicyclic amines) is 2. The van der Waals surface area contributed by atoms with E-state index in [1.165, 1.54) is 4.90 Å². The van der Waals surface area contributed by atoms with Gasteiger partial charge in [-0.3, -0.25) is 9.59 Å². The minimum Gasteiger partial charge on any atom is -0.480 e. The molecule has 2 heterocycles. The van der Waals surface area contributed by atoms with Crippen LogP contribution in [0.3, 0.4) is 0 Å². The molecule has 0 unspecified atom stereocenters. The highest BCUT2D eigenvalue weighted by Gasteiger charge is 2.47. The first-order valence-corrected chi connectivity index (χ1v) is 13.3. The summed E-state index contributed by atoms with van der Waals surface area (Å²) in [7, 11) is 0. The number of benzene rings is 1. The molecule has 0 aromatic heterocycles. The lowest BCUT2D eigenvalue weighted by molar-refractivity contribution is -0.150. The number of ether oxygens (including phenoxy) is 1. The SMILES string of the molecule is CC[C@@H](C)[C@H](NC(=O)C1(c2ccccc2)CCN(C(=O)OC(C)(C)C)CC1)C(=O)N1CCC[C@H]1C(=O)O. The summed E-state index contributed by atoms with van der Waals surface area (Å²) in [5.41, 5.74) is -0.713. The normalized spacial score (nSPS) is 21.2. The van der Waals surface area contributed by atoms with Gasteiger partial charge < -0.3 is 25.0 Å². The molecule has 0 bridgehead atoms. The molecule has 37 heavy (non-hydrogen) atoms. The van der Waals surface area contributed by atoms with Gasteiger partial charge in [0, 0.05) is 19.6 Å². The number of hydrogen-bond acceptors (Lipinski definition) is 5. The summed E-state index contributed by atoms with van der Waals surface area (Å²) >= 11 is 0. The maximum atomic E-state index is 14.1. The number of amides is 3. The topological polar surface area (TPSA) is 116 Å². The third kappa shape index (κ3) is 6.43. The maximum absolute atomic E-state index is 14.1. The first-order valence-electron chi connectivity index (χ1n) is 13.3. The third-order valence-corrected chi connectivity index (χ3v) is 7.62. The highest BCUT2D eigenvalue weighted by atomic mass is 16.6. The molecule has 2 saturated heterocycles. The van der Waals surface area contributed by atoms with Crippen LogP contribution in [0, 0.1) is 5.92 Å². The lowest BCUT2D eigenvalue weighted by Gasteiger charge is -2.42. The summed E-state index contributed by atoms with van der Waals surface area (Å²) in [5, 5.41) is 12.6. The van der Waals surface area contributed by atoms with Crippen LogP contribution in [0.15, 0.2) is 30.3 Å². The van der Waals surface area contributed by atoms with E-state index >= 15 is 0 Å². The first-order chi connectivity index (χ1) is 17.4. The van der Waals surface area contributed by atoms with Gasteiger partial charge in [0.2, 0.25) is 11.8 Å². The van der Waals surface area contributed by atoms with Crippen LogP contribution in [0.25, 0.3) is 0 Å². The predicted molar refractivity (Wildman–Crippen MR) is 139 cm³/mol. The van der Waals surface area contributed by atoms with E-state index in [4.69, 9.17) is 4.74 Å². The zero-order valence-electron chi connectivity index (χ0n) is 22.7. The molecule has 9 heteroatoms. The van der Waals surface area contributed by atoms with Gasteiger partial charge in [0.25, 0.3) is 0 Å². The molecule has 2 N–H and O–H groups in total. The summed E-state index contributed by atoms with van der Waals surface area (Å²) in [6.07, 6.45) is 2.04. The summed E-state index contributed by atoms with van der Waals surface area (Å²) in [5.74, 6) is -1.81. The van der Waals surface area contributed by atoms with Gasteiger partial charge in [0.1, 0.15) is 17.7 Å². The Kier molecular flexibility index (Phi) is 8.87. The number of hydrogen-bond donors (Lipinski definition) is 2. The van der Waals surface area contributed by atoms with Gasteiger partial charge in [-0.2, -0.15) is 0 Å². The molecule has 2 aliphatic rings. The van der Waals surface area contributed by atoms with Crippen LogP contribution in [0.5, 0.6) is 0 Å². The van der Waals surface area contributed by atoms with Crippen molar-refractivity contribution in [1.82, 2.24) is 15.1 Å². The van der Waals surface area contributed by atoms with Crippen LogP contribution in [0.1, 0.15) is 72.3 Å². The molecular weight excluding hydrogens is 474 g/mol. The molecule has 3 rings (SSSR count). The molecular formula is C28H41N3O6. The Balaban J connectivity index is 1.86. The smallest absolute Gasteiger partial charge is 0.410 e. The van der Waals surface area contributed by atoms with Crippen molar-refractivity contribution in [1.29, 1.82) is 0 Å². The summed E-state index contributed by atoms with van der Waals surface area (Å²) in [6.45, 7) is 10.3. The Bertz CT molecular complexity index is 981. The van der Waals surface area contributed by atoms with E-state index in [9.17, 15) is 24.3 Å². The number of carbonyl (C=O) groups excluding carboxylic acids is 3. The van der Waals surface area contributed by atoms with Crippen LogP contribution in [-0.2, 0) is 24.5 Å². The zero-order chi connectivity index (χ0) is 27.4. The van der Waals surface area contributed by atoms with Crippen LogP contribution < -0.4 is 5.32 Å². The van der Waals surface area contributed by atoms with Gasteiger partial charge in [-0.1, -0.05) is 50.6 Å². The number of carboxylic acid groups (broad SMARTS) is 1. The van der Waals surface area contributed by atoms with E-state index in [0.717, 1.165) is 5.56 Å². The van der Waals surface area contributed by atoms with Crippen molar-refractivity contribution in [3.63, 3.8) is 0 Å². The number of aliphatic carboxylic acids is 1. The predicted octanol–water partition coefficient (Wildman–Crippen LogP) is 3.56. The van der Waals surface area contributed by atoms with Gasteiger partial charge in [-0.15, -0.1) is 0 Å². The number of nitrogens with zero attached hydrogens (tertiary/aromatic N) is 2. The van der Waals surface area contributed by atoms with Gasteiger partial charge in [0.15, 0.2) is 0 Å². The van der Waals surface area contributed by atoms with E-state index in [-0.39, 0.29) is 17.7 Å². The summed E-state index contributed by atoms with van der Waals surface area (Å²) < 4.78 is 5.53. The van der Waals surface area contributed by atoms with Crippen LogP contribution in [0.2, 0.25) is 0 Å². The number of rotatable bonds is 7. The quantitative estimate of drug-likeness (QED) is 0.574. The molecule has 204 valence electrons. The van der Waals surface area contributed by atoms with Crippen LogP contribution >= 0.6 is 0 Å². The minimum absolute atomic E-state index is 0.179. The second-order valence-corrected chi connectivity index (χ2v) is 11.3. The molecule has 3 amide bonds. The molecule has 2 fully saturated rings. The molecule has 0 saturated carbocycles. The lowest BCUT2D eigenvalue weighted by Crippen LogP contribution is -2.59. The van der Waals surface area contributed by atoms with Gasteiger partial charge >= 0.3 is 12.1 Å². The fourth-order valence-corrected chi connectivity index (χ4v) is 5.23. The second-order valence-electron chi connectivity index (χ2n) is 11.3. The number of carbonyl (C=O) groups is 4. The highest BCUT2D eigenvalue weighted by molar-refractivity contribution is 5.95. The van der Waals surface area contributed by atoms with Crippen molar-refractivity contribution in [3.05, 3.63) is 35.9 Å². The molecule has 3 atom stereocenters. The van der Waals surface area contributed by atoms with Crippen molar-refractivity contribution in [3.8, 4) is 0 Å². The van der Waals surface area contributed by atoms with E-state index in [2.05, 4.69) is 5.32 Å². The van der Waals surface area contributed by atoms with Crippen molar-refractivity contribution in [2.24, 2.45) is 5.92 Å². The van der Waals surface area contributed by atoms with Crippen molar-refractivity contribution in [2.45, 2.75) is 89.8 Å².